The molecule has 0 radical (unpaired) electrons. The van der Waals surface area contributed by atoms with E-state index in [0.29, 0.717) is 12.0 Å². The molecule has 41 heavy (non-hydrogen) atoms. The third-order valence-corrected chi connectivity index (χ3v) is 9.44. The van der Waals surface area contributed by atoms with Crippen LogP contribution in [0, 0.1) is 18.8 Å². The third kappa shape index (κ3) is 4.71. The zero-order valence-corrected chi connectivity index (χ0v) is 25.2. The maximum atomic E-state index is 13.7. The SMILES string of the molecule is C=C(N)C1=C(C)C[C@@H]2CC3Cc4c(-c5cccc(C(=C)NCCN(C)C)c5)ccc(C)c4C(=C)C3=C(C)[C@]2(O)C1=O. The van der Waals surface area contributed by atoms with Gasteiger partial charge in [0.1, 0.15) is 0 Å². The molecule has 0 fully saturated rings. The Labute approximate surface area is 244 Å². The molecule has 0 bridgehead atoms. The zero-order chi connectivity index (χ0) is 29.8. The molecule has 2 aromatic carbocycles. The van der Waals surface area contributed by atoms with Gasteiger partial charge in [-0.1, -0.05) is 55.6 Å². The first-order chi connectivity index (χ1) is 19.4. The first-order valence-electron chi connectivity index (χ1n) is 14.5. The van der Waals surface area contributed by atoms with Gasteiger partial charge in [0.05, 0.1) is 0 Å². The van der Waals surface area contributed by atoms with Crippen LogP contribution in [0.2, 0.25) is 0 Å². The van der Waals surface area contributed by atoms with Crippen molar-refractivity contribution >= 4 is 17.1 Å². The van der Waals surface area contributed by atoms with Gasteiger partial charge in [0, 0.05) is 36.0 Å². The van der Waals surface area contributed by atoms with E-state index in [1.54, 1.807) is 0 Å². The van der Waals surface area contributed by atoms with E-state index in [2.05, 4.69) is 87.4 Å². The Morgan fingerprint density at radius 1 is 1.15 bits per heavy atom. The summed E-state index contributed by atoms with van der Waals surface area (Å²) < 4.78 is 0. The second-order valence-corrected chi connectivity index (χ2v) is 12.4. The van der Waals surface area contributed by atoms with Crippen LogP contribution in [-0.4, -0.2) is 48.6 Å². The van der Waals surface area contributed by atoms with Crippen LogP contribution in [0.1, 0.15) is 48.9 Å². The molecule has 3 atom stereocenters. The lowest BCUT2D eigenvalue weighted by Crippen LogP contribution is -2.55. The van der Waals surface area contributed by atoms with E-state index >= 15 is 0 Å². The molecule has 0 saturated carbocycles. The summed E-state index contributed by atoms with van der Waals surface area (Å²) in [5, 5.41) is 15.5. The summed E-state index contributed by atoms with van der Waals surface area (Å²) in [6, 6.07) is 12.9. The number of aliphatic hydroxyl groups is 1. The summed E-state index contributed by atoms with van der Waals surface area (Å²) >= 11 is 0. The molecule has 4 N–H and O–H groups in total. The Hall–Kier alpha value is -3.67. The van der Waals surface area contributed by atoms with Crippen molar-refractivity contribution in [2.75, 3.05) is 27.2 Å². The molecule has 0 heterocycles. The number of fused-ring (bicyclic) bond motifs is 3. The lowest BCUT2D eigenvalue weighted by Gasteiger charge is -2.49. The van der Waals surface area contributed by atoms with Gasteiger partial charge in [-0.05, 0) is 116 Å². The molecule has 0 spiro atoms. The number of ketones is 1. The minimum atomic E-state index is -1.58. The number of likely N-dealkylation sites (N-methyl/N-ethyl adjacent to an activating group) is 1. The van der Waals surface area contributed by atoms with Gasteiger partial charge in [-0.15, -0.1) is 0 Å². The van der Waals surface area contributed by atoms with Crippen LogP contribution in [-0.2, 0) is 11.2 Å². The van der Waals surface area contributed by atoms with Gasteiger partial charge in [0.25, 0.3) is 0 Å². The van der Waals surface area contributed by atoms with Crippen LogP contribution in [0.15, 0.2) is 84.1 Å². The van der Waals surface area contributed by atoms with Crippen LogP contribution in [0.25, 0.3) is 22.4 Å². The lowest BCUT2D eigenvalue weighted by atomic mass is 9.56. The average molecular weight is 550 g/mol. The number of nitrogens with one attached hydrogen (secondary N) is 1. The highest BCUT2D eigenvalue weighted by molar-refractivity contribution is 6.09. The van der Waals surface area contributed by atoms with Crippen LogP contribution in [0.5, 0.6) is 0 Å². The Bertz CT molecular complexity index is 1560. The fourth-order valence-corrected chi connectivity index (χ4v) is 7.43. The number of Topliss-reactive ketones (excluding diaryl/α,β-unsaturated/α-hetero) is 1. The molecule has 1 unspecified atom stereocenters. The predicted molar refractivity (Wildman–Crippen MR) is 170 cm³/mol. The second-order valence-electron chi connectivity index (χ2n) is 12.4. The molecule has 5 nitrogen and oxygen atoms in total. The molecular formula is C36H43N3O2. The van der Waals surface area contributed by atoms with Crippen molar-refractivity contribution < 1.29 is 9.90 Å². The number of carbonyl (C=O) groups is 1. The largest absolute Gasteiger partial charge is 0.399 e. The van der Waals surface area contributed by atoms with Crippen molar-refractivity contribution in [3.63, 3.8) is 0 Å². The summed E-state index contributed by atoms with van der Waals surface area (Å²) in [7, 11) is 4.12. The van der Waals surface area contributed by atoms with Crippen LogP contribution in [0.3, 0.4) is 0 Å². The summed E-state index contributed by atoms with van der Waals surface area (Å²) in [5.74, 6) is -0.341. The molecule has 3 aliphatic rings. The van der Waals surface area contributed by atoms with Gasteiger partial charge in [-0.3, -0.25) is 4.79 Å². The number of nitrogens with two attached hydrogens (primary N) is 1. The van der Waals surface area contributed by atoms with Crippen molar-refractivity contribution in [2.45, 2.75) is 45.6 Å². The standard InChI is InChI=1S/C36H43N3O2/c1-20-12-13-30(27-11-9-10-26(17-27)25(6)38-14-15-39(7)8)31-19-28-18-29-16-21(2)33(24(5)37)35(40)36(29,41)23(4)34(28)22(3)32(20)31/h9-13,17,28-29,38,41H,3,5-6,14-16,18-19,37H2,1-2,4,7-8H3/t28?,29-,36-/m1/s1. The fourth-order valence-electron chi connectivity index (χ4n) is 7.43. The van der Waals surface area contributed by atoms with E-state index in [1.807, 2.05) is 13.8 Å². The Balaban J connectivity index is 1.56. The van der Waals surface area contributed by atoms with Crippen LogP contribution in [0.4, 0.5) is 0 Å². The zero-order valence-electron chi connectivity index (χ0n) is 25.2. The topological polar surface area (TPSA) is 78.6 Å². The molecule has 0 amide bonds. The van der Waals surface area contributed by atoms with Gasteiger partial charge in [0.2, 0.25) is 5.78 Å². The maximum absolute atomic E-state index is 13.7. The molecule has 5 rings (SSSR count). The van der Waals surface area contributed by atoms with Crippen molar-refractivity contribution in [3.05, 3.63) is 106 Å². The molecule has 0 aliphatic heterocycles. The van der Waals surface area contributed by atoms with E-state index in [1.165, 1.54) is 11.1 Å². The Kier molecular flexibility index (Phi) is 7.47. The summed E-state index contributed by atoms with van der Waals surface area (Å²) in [6.45, 7) is 20.4. The minimum absolute atomic E-state index is 0.176. The van der Waals surface area contributed by atoms with Crippen molar-refractivity contribution in [1.29, 1.82) is 0 Å². The minimum Gasteiger partial charge on any atom is -0.399 e. The molecular weight excluding hydrogens is 506 g/mol. The van der Waals surface area contributed by atoms with Crippen LogP contribution < -0.4 is 11.1 Å². The number of hydrogen-bond donors (Lipinski definition) is 3. The van der Waals surface area contributed by atoms with Gasteiger partial charge in [-0.25, -0.2) is 0 Å². The highest BCUT2D eigenvalue weighted by atomic mass is 16.3. The summed E-state index contributed by atoms with van der Waals surface area (Å²) in [4.78, 5) is 15.9. The number of allylic oxidation sites excluding steroid dienone is 4. The first kappa shape index (κ1) is 28.8. The van der Waals surface area contributed by atoms with Crippen molar-refractivity contribution in [3.8, 4) is 11.1 Å². The number of aryl methyl sites for hydroxylation is 1. The molecule has 2 aromatic rings. The molecule has 214 valence electrons. The smallest absolute Gasteiger partial charge is 0.200 e. The molecule has 0 saturated heterocycles. The fraction of sp³-hybridized carbons (Fsp3) is 0.361. The number of nitrogens with zero attached hydrogens (tertiary/aromatic N) is 1. The monoisotopic (exact) mass is 549 g/mol. The van der Waals surface area contributed by atoms with Crippen LogP contribution >= 0.6 is 0 Å². The van der Waals surface area contributed by atoms with E-state index in [9.17, 15) is 9.90 Å². The number of hydrogen-bond acceptors (Lipinski definition) is 5. The molecule has 5 heteroatoms. The normalized spacial score (nSPS) is 23.8. The van der Waals surface area contributed by atoms with E-state index in [0.717, 1.165) is 76.2 Å². The quantitative estimate of drug-likeness (QED) is 0.407. The van der Waals surface area contributed by atoms with Gasteiger partial charge in [-0.2, -0.15) is 0 Å². The Morgan fingerprint density at radius 3 is 2.56 bits per heavy atom. The summed E-state index contributed by atoms with van der Waals surface area (Å²) in [5.41, 5.74) is 16.5. The second kappa shape index (κ2) is 10.6. The highest BCUT2D eigenvalue weighted by Crippen LogP contribution is 2.55. The number of carbonyl (C=O) groups excluding carboxylic acids is 1. The third-order valence-electron chi connectivity index (χ3n) is 9.44. The molecule has 0 aromatic heterocycles. The van der Waals surface area contributed by atoms with Gasteiger partial charge >= 0.3 is 0 Å². The first-order valence-corrected chi connectivity index (χ1v) is 14.5. The van der Waals surface area contributed by atoms with E-state index < -0.39 is 5.60 Å². The van der Waals surface area contributed by atoms with Crippen molar-refractivity contribution in [2.24, 2.45) is 17.6 Å². The van der Waals surface area contributed by atoms with Gasteiger partial charge < -0.3 is 21.1 Å². The summed E-state index contributed by atoms with van der Waals surface area (Å²) in [6.07, 6.45) is 2.18. The maximum Gasteiger partial charge on any atom is 0.200 e. The van der Waals surface area contributed by atoms with E-state index in [-0.39, 0.29) is 23.3 Å². The number of benzene rings is 2. The predicted octanol–water partition coefficient (Wildman–Crippen LogP) is 5.80. The number of rotatable bonds is 7. The Morgan fingerprint density at radius 2 is 1.88 bits per heavy atom. The lowest BCUT2D eigenvalue weighted by molar-refractivity contribution is -0.137. The van der Waals surface area contributed by atoms with Crippen molar-refractivity contribution in [1.82, 2.24) is 10.2 Å². The highest BCUT2D eigenvalue weighted by Gasteiger charge is 2.55. The average Bonchev–Trinajstić information content (AvgIpc) is 2.90. The van der Waals surface area contributed by atoms with Gasteiger partial charge in [0.15, 0.2) is 5.60 Å². The van der Waals surface area contributed by atoms with E-state index in [4.69, 9.17) is 5.73 Å². The molecule has 3 aliphatic carbocycles.